The summed E-state index contributed by atoms with van der Waals surface area (Å²) in [6.45, 7) is 9.31. The number of aliphatic hydroxyl groups is 1. The Bertz CT molecular complexity index is 865. The Labute approximate surface area is 215 Å². The smallest absolute Gasteiger partial charge is 0.191 e. The minimum atomic E-state index is -0.120. The van der Waals surface area contributed by atoms with Gasteiger partial charge < -0.3 is 20.5 Å². The van der Waals surface area contributed by atoms with Gasteiger partial charge in [-0.2, -0.15) is 0 Å². The highest BCUT2D eigenvalue weighted by Crippen LogP contribution is 2.19. The fraction of sp³-hybridized carbons (Fsp3) is 0.500. The van der Waals surface area contributed by atoms with Gasteiger partial charge in [-0.25, -0.2) is 4.99 Å². The Balaban J connectivity index is 0.00000385. The molecule has 7 heteroatoms. The lowest BCUT2D eigenvalue weighted by Gasteiger charge is -2.29. The van der Waals surface area contributed by atoms with Crippen molar-refractivity contribution in [3.63, 3.8) is 0 Å². The average molecular weight is 567 g/mol. The Morgan fingerprint density at radius 3 is 2.39 bits per heavy atom. The minimum Gasteiger partial charge on any atom is -0.496 e. The number of hydrogen-bond acceptors (Lipinski definition) is 4. The Morgan fingerprint density at radius 1 is 1.06 bits per heavy atom. The number of rotatable bonds is 9. The highest BCUT2D eigenvalue weighted by atomic mass is 127. The lowest BCUT2D eigenvalue weighted by molar-refractivity contribution is 0.0792. The fourth-order valence-corrected chi connectivity index (χ4v) is 3.94. The maximum absolute atomic E-state index is 9.66. The first-order chi connectivity index (χ1) is 15.6. The first-order valence-corrected chi connectivity index (χ1v) is 11.7. The predicted molar refractivity (Wildman–Crippen MR) is 147 cm³/mol. The van der Waals surface area contributed by atoms with E-state index in [9.17, 15) is 5.11 Å². The summed E-state index contributed by atoms with van der Waals surface area (Å²) in [5, 5.41) is 16.4. The van der Waals surface area contributed by atoms with Gasteiger partial charge in [0.25, 0.3) is 0 Å². The SMILES string of the molecule is CCNC(=NCc1ccc(CN2CCC(O)CC2)cc1)NCCc1ccc(C)c(OC)c1.I. The quantitative estimate of drug-likeness (QED) is 0.244. The molecule has 0 aliphatic carbocycles. The van der Waals surface area contributed by atoms with Crippen LogP contribution in [0.25, 0.3) is 0 Å². The van der Waals surface area contributed by atoms with Gasteiger partial charge in [-0.05, 0) is 61.4 Å². The van der Waals surface area contributed by atoms with Gasteiger partial charge in [0.15, 0.2) is 5.96 Å². The summed E-state index contributed by atoms with van der Waals surface area (Å²) in [6.07, 6.45) is 2.55. The molecule has 3 rings (SSSR count). The molecule has 182 valence electrons. The number of aryl methyl sites for hydroxylation is 1. The molecule has 1 aliphatic heterocycles. The summed E-state index contributed by atoms with van der Waals surface area (Å²) in [5.74, 6) is 1.77. The molecule has 1 saturated heterocycles. The number of hydrogen-bond donors (Lipinski definition) is 3. The van der Waals surface area contributed by atoms with Gasteiger partial charge in [0.05, 0.1) is 19.8 Å². The van der Waals surface area contributed by atoms with Gasteiger partial charge in [-0.3, -0.25) is 4.90 Å². The molecule has 2 aromatic carbocycles. The van der Waals surface area contributed by atoms with Crippen molar-refractivity contribution in [3.8, 4) is 5.75 Å². The van der Waals surface area contributed by atoms with Crippen LogP contribution >= 0.6 is 24.0 Å². The molecule has 0 amide bonds. The van der Waals surface area contributed by atoms with Crippen molar-refractivity contribution in [1.82, 2.24) is 15.5 Å². The highest BCUT2D eigenvalue weighted by molar-refractivity contribution is 14.0. The molecule has 0 atom stereocenters. The molecule has 2 aromatic rings. The van der Waals surface area contributed by atoms with Crippen LogP contribution in [0.5, 0.6) is 5.75 Å². The second kappa shape index (κ2) is 14.4. The standard InChI is InChI=1S/C26H38N4O2.HI/c1-4-27-26(28-14-11-21-6-5-20(2)25(17-21)32-3)29-18-22-7-9-23(10-8-22)19-30-15-12-24(31)13-16-30;/h5-10,17,24,31H,4,11-16,18-19H2,1-3H3,(H2,27,28,29);1H. The number of ether oxygens (including phenoxy) is 1. The second-order valence-electron chi connectivity index (χ2n) is 8.50. The van der Waals surface area contributed by atoms with Crippen molar-refractivity contribution in [3.05, 3.63) is 64.7 Å². The first-order valence-electron chi connectivity index (χ1n) is 11.7. The lowest BCUT2D eigenvalue weighted by Crippen LogP contribution is -2.38. The molecule has 1 aliphatic rings. The van der Waals surface area contributed by atoms with E-state index in [1.54, 1.807) is 7.11 Å². The van der Waals surface area contributed by atoms with Crippen LogP contribution in [0, 0.1) is 6.92 Å². The molecule has 6 nitrogen and oxygen atoms in total. The molecule has 0 aromatic heterocycles. The molecule has 0 spiro atoms. The number of nitrogens with zero attached hydrogens (tertiary/aromatic N) is 2. The number of aliphatic hydroxyl groups excluding tert-OH is 1. The van der Waals surface area contributed by atoms with E-state index < -0.39 is 0 Å². The van der Waals surface area contributed by atoms with Crippen LogP contribution in [-0.4, -0.2) is 55.4 Å². The molecular formula is C26H39IN4O2. The molecule has 0 unspecified atom stereocenters. The van der Waals surface area contributed by atoms with Gasteiger partial charge in [-0.15, -0.1) is 24.0 Å². The van der Waals surface area contributed by atoms with Crippen molar-refractivity contribution >= 4 is 29.9 Å². The van der Waals surface area contributed by atoms with E-state index in [1.807, 2.05) is 0 Å². The van der Waals surface area contributed by atoms with E-state index in [0.717, 1.165) is 69.3 Å². The normalized spacial score (nSPS) is 15.1. The van der Waals surface area contributed by atoms with Crippen molar-refractivity contribution in [1.29, 1.82) is 0 Å². The number of guanidine groups is 1. The third kappa shape index (κ3) is 9.14. The number of halogens is 1. The van der Waals surface area contributed by atoms with Gasteiger partial charge in [0, 0.05) is 32.7 Å². The number of likely N-dealkylation sites (tertiary alicyclic amines) is 1. The molecular weight excluding hydrogens is 527 g/mol. The maximum atomic E-state index is 9.66. The fourth-order valence-electron chi connectivity index (χ4n) is 3.94. The minimum absolute atomic E-state index is 0. The van der Waals surface area contributed by atoms with Gasteiger partial charge in [0.2, 0.25) is 0 Å². The second-order valence-corrected chi connectivity index (χ2v) is 8.50. The van der Waals surface area contributed by atoms with E-state index in [2.05, 4.69) is 71.8 Å². The summed E-state index contributed by atoms with van der Waals surface area (Å²) in [7, 11) is 1.71. The van der Waals surface area contributed by atoms with Crippen molar-refractivity contribution in [2.45, 2.75) is 52.3 Å². The molecule has 0 saturated carbocycles. The largest absolute Gasteiger partial charge is 0.496 e. The van der Waals surface area contributed by atoms with Gasteiger partial charge in [0.1, 0.15) is 5.75 Å². The zero-order chi connectivity index (χ0) is 22.8. The maximum Gasteiger partial charge on any atom is 0.191 e. The van der Waals surface area contributed by atoms with E-state index in [1.165, 1.54) is 16.7 Å². The van der Waals surface area contributed by atoms with E-state index in [0.29, 0.717) is 6.54 Å². The van der Waals surface area contributed by atoms with E-state index in [4.69, 9.17) is 9.73 Å². The molecule has 0 bridgehead atoms. The van der Waals surface area contributed by atoms with E-state index in [-0.39, 0.29) is 30.1 Å². The number of methoxy groups -OCH3 is 1. The van der Waals surface area contributed by atoms with E-state index >= 15 is 0 Å². The number of piperidine rings is 1. The van der Waals surface area contributed by atoms with Gasteiger partial charge in [-0.1, -0.05) is 36.4 Å². The van der Waals surface area contributed by atoms with Crippen LogP contribution in [0.3, 0.4) is 0 Å². The predicted octanol–water partition coefficient (Wildman–Crippen LogP) is 3.88. The summed E-state index contributed by atoms with van der Waals surface area (Å²) < 4.78 is 5.43. The van der Waals surface area contributed by atoms with Crippen LogP contribution in [-0.2, 0) is 19.5 Å². The topological polar surface area (TPSA) is 69.1 Å². The molecule has 3 N–H and O–H groups in total. The summed E-state index contributed by atoms with van der Waals surface area (Å²) in [5.41, 5.74) is 4.91. The lowest BCUT2D eigenvalue weighted by atomic mass is 10.1. The third-order valence-corrected chi connectivity index (χ3v) is 5.93. The van der Waals surface area contributed by atoms with Crippen LogP contribution in [0.2, 0.25) is 0 Å². The monoisotopic (exact) mass is 566 g/mol. The molecule has 1 fully saturated rings. The number of nitrogens with one attached hydrogen (secondary N) is 2. The first kappa shape index (κ1) is 27.4. The Hall–Kier alpha value is -1.84. The summed E-state index contributed by atoms with van der Waals surface area (Å²) in [6, 6.07) is 15.1. The van der Waals surface area contributed by atoms with Crippen molar-refractivity contribution in [2.75, 3.05) is 33.3 Å². The Morgan fingerprint density at radius 2 is 1.73 bits per heavy atom. The zero-order valence-electron chi connectivity index (χ0n) is 20.1. The Kier molecular flexibility index (Phi) is 12.0. The van der Waals surface area contributed by atoms with Crippen LogP contribution in [0.15, 0.2) is 47.5 Å². The highest BCUT2D eigenvalue weighted by Gasteiger charge is 2.16. The third-order valence-electron chi connectivity index (χ3n) is 5.93. The van der Waals surface area contributed by atoms with Crippen LogP contribution < -0.4 is 15.4 Å². The molecule has 33 heavy (non-hydrogen) atoms. The van der Waals surface area contributed by atoms with Crippen LogP contribution in [0.1, 0.15) is 42.0 Å². The average Bonchev–Trinajstić information content (AvgIpc) is 2.81. The molecule has 1 heterocycles. The zero-order valence-corrected chi connectivity index (χ0v) is 22.5. The van der Waals surface area contributed by atoms with Gasteiger partial charge >= 0.3 is 0 Å². The summed E-state index contributed by atoms with van der Waals surface area (Å²) in [4.78, 5) is 7.16. The number of aliphatic imine (C=N–C) groups is 1. The van der Waals surface area contributed by atoms with Crippen LogP contribution in [0.4, 0.5) is 0 Å². The molecule has 0 radical (unpaired) electrons. The van der Waals surface area contributed by atoms with Crippen molar-refractivity contribution in [2.24, 2.45) is 4.99 Å². The number of benzene rings is 2. The summed E-state index contributed by atoms with van der Waals surface area (Å²) >= 11 is 0. The van der Waals surface area contributed by atoms with Crippen molar-refractivity contribution < 1.29 is 9.84 Å².